The third-order valence-corrected chi connectivity index (χ3v) is 4.71. The molecule has 4 nitrogen and oxygen atoms in total. The first-order chi connectivity index (χ1) is 10.2. The number of hydrogen-bond acceptors (Lipinski definition) is 5. The first kappa shape index (κ1) is 14.1. The Morgan fingerprint density at radius 2 is 2.29 bits per heavy atom. The number of rotatable bonds is 5. The van der Waals surface area contributed by atoms with Gasteiger partial charge in [-0.2, -0.15) is 4.37 Å². The van der Waals surface area contributed by atoms with Gasteiger partial charge in [0.25, 0.3) is 0 Å². The topological polar surface area (TPSA) is 51.2 Å². The van der Waals surface area contributed by atoms with Gasteiger partial charge in [-0.05, 0) is 42.9 Å². The highest BCUT2D eigenvalue weighted by Crippen LogP contribution is 2.35. The van der Waals surface area contributed by atoms with Crippen LogP contribution < -0.4 is 5.32 Å². The molecular formula is C16H18N2O2S. The van der Waals surface area contributed by atoms with E-state index in [4.69, 9.17) is 4.74 Å². The van der Waals surface area contributed by atoms with Crippen molar-refractivity contribution in [2.24, 2.45) is 0 Å². The van der Waals surface area contributed by atoms with Crippen LogP contribution in [-0.4, -0.2) is 23.5 Å². The zero-order chi connectivity index (χ0) is 14.8. The maximum Gasteiger partial charge on any atom is 0.343 e. The van der Waals surface area contributed by atoms with Crippen molar-refractivity contribution in [1.82, 2.24) is 4.37 Å². The second-order valence-electron chi connectivity index (χ2n) is 5.17. The zero-order valence-electron chi connectivity index (χ0n) is 12.2. The third-order valence-electron chi connectivity index (χ3n) is 3.81. The second kappa shape index (κ2) is 5.85. The van der Waals surface area contributed by atoms with Gasteiger partial charge in [-0.25, -0.2) is 4.79 Å². The molecule has 1 aromatic heterocycles. The van der Waals surface area contributed by atoms with E-state index in [-0.39, 0.29) is 5.97 Å². The molecule has 3 rings (SSSR count). The van der Waals surface area contributed by atoms with Crippen molar-refractivity contribution in [3.05, 3.63) is 46.6 Å². The second-order valence-corrected chi connectivity index (χ2v) is 5.95. The Kier molecular flexibility index (Phi) is 3.92. The average Bonchev–Trinajstić information content (AvgIpc) is 2.81. The van der Waals surface area contributed by atoms with E-state index >= 15 is 0 Å². The number of fused-ring (bicyclic) bond motifs is 1. The molecule has 1 atom stereocenters. The summed E-state index contributed by atoms with van der Waals surface area (Å²) in [4.78, 5) is 12.0. The first-order valence-electron chi connectivity index (χ1n) is 7.15. The fraction of sp³-hybridized carbons (Fsp3) is 0.375. The van der Waals surface area contributed by atoms with E-state index in [2.05, 4.69) is 34.0 Å². The lowest BCUT2D eigenvalue weighted by Crippen LogP contribution is -2.24. The average molecular weight is 302 g/mol. The fourth-order valence-electron chi connectivity index (χ4n) is 2.69. The number of carbonyl (C=O) groups excluding carboxylic acids is 1. The van der Waals surface area contributed by atoms with Crippen molar-refractivity contribution in [3.8, 4) is 0 Å². The maximum atomic E-state index is 12.0. The Morgan fingerprint density at radius 3 is 3.05 bits per heavy atom. The molecule has 0 amide bonds. The molecule has 1 N–H and O–H groups in total. The summed E-state index contributed by atoms with van der Waals surface area (Å²) >= 11 is 1.33. The number of carbonyl (C=O) groups is 1. The monoisotopic (exact) mass is 302 g/mol. The summed E-state index contributed by atoms with van der Waals surface area (Å²) in [5, 5.41) is 4.19. The predicted octanol–water partition coefficient (Wildman–Crippen LogP) is 3.38. The molecule has 0 spiro atoms. The van der Waals surface area contributed by atoms with Gasteiger partial charge < -0.3 is 10.1 Å². The first-order valence-corrected chi connectivity index (χ1v) is 7.93. The van der Waals surface area contributed by atoms with E-state index in [1.165, 1.54) is 22.7 Å². The highest BCUT2D eigenvalue weighted by Gasteiger charge is 2.26. The molecule has 5 heteroatoms. The Labute approximate surface area is 128 Å². The largest absolute Gasteiger partial charge is 0.462 e. The molecule has 1 aliphatic carbocycles. The molecule has 0 saturated carbocycles. The van der Waals surface area contributed by atoms with Crippen LogP contribution in [0, 0.1) is 6.92 Å². The number of anilines is 1. The van der Waals surface area contributed by atoms with Crippen LogP contribution in [0.5, 0.6) is 0 Å². The van der Waals surface area contributed by atoms with E-state index in [1.54, 1.807) is 0 Å². The van der Waals surface area contributed by atoms with Crippen LogP contribution in [0.2, 0.25) is 0 Å². The minimum absolute atomic E-state index is 0.291. The third kappa shape index (κ3) is 2.65. The minimum atomic E-state index is -0.291. The van der Waals surface area contributed by atoms with E-state index < -0.39 is 0 Å². The number of benzene rings is 1. The van der Waals surface area contributed by atoms with Gasteiger partial charge >= 0.3 is 5.97 Å². The molecule has 0 saturated heterocycles. The standard InChI is InChI=1S/C16H18N2O2S/c1-3-20-16(19)14-10(2)18-21-15(14)17-9-12-8-11-6-4-5-7-13(11)12/h4-7,12,17H,3,8-9H2,1-2H3. The summed E-state index contributed by atoms with van der Waals surface area (Å²) in [5.41, 5.74) is 4.14. The van der Waals surface area contributed by atoms with Gasteiger partial charge in [0.1, 0.15) is 10.6 Å². The van der Waals surface area contributed by atoms with Gasteiger partial charge in [0.2, 0.25) is 0 Å². The molecular weight excluding hydrogens is 284 g/mol. The van der Waals surface area contributed by atoms with Crippen LogP contribution in [0.1, 0.15) is 40.0 Å². The maximum absolute atomic E-state index is 12.0. The number of nitrogens with zero attached hydrogens (tertiary/aromatic N) is 1. The number of hydrogen-bond donors (Lipinski definition) is 1. The summed E-state index contributed by atoms with van der Waals surface area (Å²) in [6.45, 7) is 4.85. The lowest BCUT2D eigenvalue weighted by Gasteiger charge is -2.30. The van der Waals surface area contributed by atoms with Crippen molar-refractivity contribution in [2.75, 3.05) is 18.5 Å². The van der Waals surface area contributed by atoms with E-state index in [1.807, 2.05) is 13.8 Å². The lowest BCUT2D eigenvalue weighted by molar-refractivity contribution is 0.0527. The Hall–Kier alpha value is -1.88. The summed E-state index contributed by atoms with van der Waals surface area (Å²) in [6.07, 6.45) is 1.09. The summed E-state index contributed by atoms with van der Waals surface area (Å²) in [6, 6.07) is 8.50. The Bertz CT molecular complexity index is 666. The van der Waals surface area contributed by atoms with Crippen LogP contribution in [0.4, 0.5) is 5.00 Å². The van der Waals surface area contributed by atoms with Crippen LogP contribution in [0.3, 0.4) is 0 Å². The number of esters is 1. The SMILES string of the molecule is CCOC(=O)c1c(C)nsc1NCC1Cc2ccccc21. The predicted molar refractivity (Wildman–Crippen MR) is 84.2 cm³/mol. The number of nitrogens with one attached hydrogen (secondary N) is 1. The normalized spacial score (nSPS) is 16.0. The molecule has 0 aliphatic heterocycles. The van der Waals surface area contributed by atoms with Gasteiger partial charge in [-0.1, -0.05) is 24.3 Å². The van der Waals surface area contributed by atoms with Gasteiger partial charge in [-0.3, -0.25) is 0 Å². The van der Waals surface area contributed by atoms with Crippen LogP contribution in [-0.2, 0) is 11.2 Å². The minimum Gasteiger partial charge on any atom is -0.462 e. The van der Waals surface area contributed by atoms with Crippen molar-refractivity contribution in [2.45, 2.75) is 26.2 Å². The Morgan fingerprint density at radius 1 is 1.48 bits per heavy atom. The van der Waals surface area contributed by atoms with E-state index in [0.717, 1.165) is 23.7 Å². The van der Waals surface area contributed by atoms with E-state index in [0.29, 0.717) is 18.1 Å². The molecule has 110 valence electrons. The molecule has 1 heterocycles. The van der Waals surface area contributed by atoms with Crippen molar-refractivity contribution >= 4 is 22.5 Å². The van der Waals surface area contributed by atoms with E-state index in [9.17, 15) is 4.79 Å². The van der Waals surface area contributed by atoms with Gasteiger partial charge in [0, 0.05) is 12.5 Å². The molecule has 1 aromatic carbocycles. The van der Waals surface area contributed by atoms with Crippen molar-refractivity contribution in [3.63, 3.8) is 0 Å². The van der Waals surface area contributed by atoms with Gasteiger partial charge in [0.15, 0.2) is 0 Å². The van der Waals surface area contributed by atoms with Crippen molar-refractivity contribution in [1.29, 1.82) is 0 Å². The van der Waals surface area contributed by atoms with Crippen LogP contribution in [0.15, 0.2) is 24.3 Å². The molecule has 1 aliphatic rings. The van der Waals surface area contributed by atoms with Crippen molar-refractivity contribution < 1.29 is 9.53 Å². The molecule has 1 unspecified atom stereocenters. The zero-order valence-corrected chi connectivity index (χ0v) is 13.0. The smallest absolute Gasteiger partial charge is 0.343 e. The fourth-order valence-corrected chi connectivity index (χ4v) is 3.48. The highest BCUT2D eigenvalue weighted by molar-refractivity contribution is 7.10. The number of aryl methyl sites for hydroxylation is 1. The number of ether oxygens (including phenoxy) is 1. The summed E-state index contributed by atoms with van der Waals surface area (Å²) < 4.78 is 9.36. The quantitative estimate of drug-likeness (QED) is 0.860. The summed E-state index contributed by atoms with van der Waals surface area (Å²) in [5.74, 6) is 0.221. The Balaban J connectivity index is 1.68. The van der Waals surface area contributed by atoms with Crippen LogP contribution >= 0.6 is 11.5 Å². The van der Waals surface area contributed by atoms with Gasteiger partial charge in [-0.15, -0.1) is 0 Å². The molecule has 0 radical (unpaired) electrons. The highest BCUT2D eigenvalue weighted by atomic mass is 32.1. The molecule has 2 aromatic rings. The molecule has 0 fully saturated rings. The lowest BCUT2D eigenvalue weighted by atomic mass is 9.78. The molecule has 0 bridgehead atoms. The number of aromatic nitrogens is 1. The summed E-state index contributed by atoms with van der Waals surface area (Å²) in [7, 11) is 0. The molecule has 21 heavy (non-hydrogen) atoms. The van der Waals surface area contributed by atoms with Crippen LogP contribution in [0.25, 0.3) is 0 Å². The van der Waals surface area contributed by atoms with Gasteiger partial charge in [0.05, 0.1) is 12.3 Å².